The molecule has 2 aromatic carbocycles. The van der Waals surface area contributed by atoms with E-state index in [9.17, 15) is 9.59 Å². The molecule has 0 saturated carbocycles. The van der Waals surface area contributed by atoms with E-state index in [2.05, 4.69) is 15.6 Å². The van der Waals surface area contributed by atoms with Crippen LogP contribution in [-0.4, -0.2) is 23.8 Å². The van der Waals surface area contributed by atoms with E-state index in [0.717, 1.165) is 11.1 Å². The number of carbonyl (C=O) groups excluding carboxylic acids is 2. The fraction of sp³-hybridized carbons (Fsp3) is 0.136. The molecule has 1 heterocycles. The lowest BCUT2D eigenvalue weighted by molar-refractivity contribution is 0.0948. The highest BCUT2D eigenvalue weighted by Gasteiger charge is 2.09. The average Bonchev–Trinajstić information content (AvgIpc) is 2.76. The van der Waals surface area contributed by atoms with Crippen molar-refractivity contribution in [3.8, 4) is 5.88 Å². The van der Waals surface area contributed by atoms with Gasteiger partial charge in [0.05, 0.1) is 0 Å². The van der Waals surface area contributed by atoms with Crippen LogP contribution in [0.25, 0.3) is 0 Å². The van der Waals surface area contributed by atoms with Gasteiger partial charge in [0.25, 0.3) is 11.8 Å². The summed E-state index contributed by atoms with van der Waals surface area (Å²) in [6.45, 7) is 0.692. The Morgan fingerprint density at radius 2 is 1.64 bits per heavy atom. The highest BCUT2D eigenvalue weighted by molar-refractivity contribution is 5.95. The first-order chi connectivity index (χ1) is 13.7. The van der Waals surface area contributed by atoms with Gasteiger partial charge in [-0.25, -0.2) is 4.98 Å². The number of benzene rings is 2. The lowest BCUT2D eigenvalue weighted by Crippen LogP contribution is -2.23. The van der Waals surface area contributed by atoms with Crippen molar-refractivity contribution in [3.05, 3.63) is 95.2 Å². The molecule has 0 spiro atoms. The van der Waals surface area contributed by atoms with Gasteiger partial charge in [-0.3, -0.25) is 9.59 Å². The SMILES string of the molecule is CNC(=O)c1cccc(CNC(=O)c2ccnc(OCc3ccccc3)c2)c1. The summed E-state index contributed by atoms with van der Waals surface area (Å²) in [5, 5.41) is 5.43. The summed E-state index contributed by atoms with van der Waals surface area (Å²) in [4.78, 5) is 28.3. The minimum absolute atomic E-state index is 0.164. The van der Waals surface area contributed by atoms with Crippen LogP contribution in [0.5, 0.6) is 5.88 Å². The second-order valence-electron chi connectivity index (χ2n) is 6.12. The number of aromatic nitrogens is 1. The van der Waals surface area contributed by atoms with Gasteiger partial charge in [0.2, 0.25) is 5.88 Å². The van der Waals surface area contributed by atoms with E-state index in [1.165, 1.54) is 0 Å². The van der Waals surface area contributed by atoms with Gasteiger partial charge >= 0.3 is 0 Å². The molecule has 0 aliphatic rings. The van der Waals surface area contributed by atoms with E-state index in [4.69, 9.17) is 4.74 Å². The maximum atomic E-state index is 12.4. The number of nitrogens with one attached hydrogen (secondary N) is 2. The fourth-order valence-corrected chi connectivity index (χ4v) is 2.61. The standard InChI is InChI=1S/C22H21N3O3/c1-23-21(26)18-9-5-8-17(12-18)14-25-22(27)19-10-11-24-20(13-19)28-15-16-6-3-2-4-7-16/h2-13H,14-15H2,1H3,(H,23,26)(H,25,27). The summed E-state index contributed by atoms with van der Waals surface area (Å²) in [5.74, 6) is -0.0158. The third kappa shape index (κ3) is 5.17. The van der Waals surface area contributed by atoms with Crippen molar-refractivity contribution in [1.29, 1.82) is 0 Å². The first-order valence-corrected chi connectivity index (χ1v) is 8.87. The molecule has 2 N–H and O–H groups in total. The van der Waals surface area contributed by atoms with Crippen molar-refractivity contribution in [3.63, 3.8) is 0 Å². The molecule has 6 nitrogen and oxygen atoms in total. The third-order valence-electron chi connectivity index (χ3n) is 4.10. The Hall–Kier alpha value is -3.67. The first-order valence-electron chi connectivity index (χ1n) is 8.87. The van der Waals surface area contributed by atoms with Gasteiger partial charge in [0.1, 0.15) is 6.61 Å². The molecule has 3 rings (SSSR count). The number of carbonyl (C=O) groups is 2. The van der Waals surface area contributed by atoms with E-state index in [1.807, 2.05) is 36.4 Å². The zero-order valence-electron chi connectivity index (χ0n) is 15.5. The number of hydrogen-bond acceptors (Lipinski definition) is 4. The maximum absolute atomic E-state index is 12.4. The predicted molar refractivity (Wildman–Crippen MR) is 106 cm³/mol. The van der Waals surface area contributed by atoms with Crippen molar-refractivity contribution in [2.24, 2.45) is 0 Å². The molecule has 0 aliphatic heterocycles. The zero-order valence-corrected chi connectivity index (χ0v) is 15.5. The molecule has 2 amide bonds. The summed E-state index contributed by atoms with van der Waals surface area (Å²) < 4.78 is 5.66. The molecular formula is C22H21N3O3. The Balaban J connectivity index is 1.59. The van der Waals surface area contributed by atoms with Gasteiger partial charge in [0, 0.05) is 37.0 Å². The van der Waals surface area contributed by atoms with E-state index < -0.39 is 0 Å². The first kappa shape index (κ1) is 19.1. The largest absolute Gasteiger partial charge is 0.473 e. The van der Waals surface area contributed by atoms with Crippen molar-refractivity contribution in [2.45, 2.75) is 13.2 Å². The second-order valence-corrected chi connectivity index (χ2v) is 6.12. The molecule has 0 unspecified atom stereocenters. The molecule has 0 bridgehead atoms. The minimum atomic E-state index is -0.239. The molecule has 6 heteroatoms. The van der Waals surface area contributed by atoms with Crippen molar-refractivity contribution >= 4 is 11.8 Å². The Morgan fingerprint density at radius 1 is 0.893 bits per heavy atom. The van der Waals surface area contributed by atoms with Crippen LogP contribution in [0.4, 0.5) is 0 Å². The van der Waals surface area contributed by atoms with Crippen LogP contribution in [0.3, 0.4) is 0 Å². The monoisotopic (exact) mass is 375 g/mol. The Morgan fingerprint density at radius 3 is 2.43 bits per heavy atom. The highest BCUT2D eigenvalue weighted by atomic mass is 16.5. The quantitative estimate of drug-likeness (QED) is 0.665. The fourth-order valence-electron chi connectivity index (χ4n) is 2.61. The van der Waals surface area contributed by atoms with Crippen LogP contribution < -0.4 is 15.4 Å². The molecule has 142 valence electrons. The van der Waals surface area contributed by atoms with Crippen LogP contribution >= 0.6 is 0 Å². The molecule has 1 aromatic heterocycles. The van der Waals surface area contributed by atoms with Crippen LogP contribution in [0.15, 0.2) is 72.9 Å². The number of rotatable bonds is 7. The zero-order chi connectivity index (χ0) is 19.8. The van der Waals surface area contributed by atoms with E-state index in [1.54, 1.807) is 43.6 Å². The van der Waals surface area contributed by atoms with Crippen LogP contribution in [0, 0.1) is 0 Å². The molecule has 0 aliphatic carbocycles. The van der Waals surface area contributed by atoms with Crippen molar-refractivity contribution in [2.75, 3.05) is 7.05 Å². The van der Waals surface area contributed by atoms with Crippen LogP contribution in [0.1, 0.15) is 31.8 Å². The van der Waals surface area contributed by atoms with E-state index in [-0.39, 0.29) is 11.8 Å². The third-order valence-corrected chi connectivity index (χ3v) is 4.10. The van der Waals surface area contributed by atoms with Crippen LogP contribution in [0.2, 0.25) is 0 Å². The summed E-state index contributed by atoms with van der Waals surface area (Å²) in [5.41, 5.74) is 2.87. The molecule has 0 radical (unpaired) electrons. The Bertz CT molecular complexity index is 958. The molecule has 0 atom stereocenters. The molecule has 0 saturated heterocycles. The predicted octanol–water partition coefficient (Wildman–Crippen LogP) is 2.95. The number of nitrogens with zero attached hydrogens (tertiary/aromatic N) is 1. The van der Waals surface area contributed by atoms with E-state index >= 15 is 0 Å². The van der Waals surface area contributed by atoms with Crippen LogP contribution in [-0.2, 0) is 13.2 Å². The Labute approximate surface area is 163 Å². The van der Waals surface area contributed by atoms with Gasteiger partial charge in [0.15, 0.2) is 0 Å². The lowest BCUT2D eigenvalue weighted by atomic mass is 10.1. The van der Waals surface area contributed by atoms with Crippen molar-refractivity contribution in [1.82, 2.24) is 15.6 Å². The van der Waals surface area contributed by atoms with Gasteiger partial charge in [-0.15, -0.1) is 0 Å². The van der Waals surface area contributed by atoms with Gasteiger partial charge in [-0.05, 0) is 29.3 Å². The number of pyridine rings is 1. The molecular weight excluding hydrogens is 354 g/mol. The Kier molecular flexibility index (Phi) is 6.36. The number of amides is 2. The summed E-state index contributed by atoms with van der Waals surface area (Å²) in [7, 11) is 1.58. The summed E-state index contributed by atoms with van der Waals surface area (Å²) in [6, 6.07) is 20.1. The smallest absolute Gasteiger partial charge is 0.251 e. The normalized spacial score (nSPS) is 10.2. The topological polar surface area (TPSA) is 80.3 Å². The lowest BCUT2D eigenvalue weighted by Gasteiger charge is -2.09. The second kappa shape index (κ2) is 9.32. The van der Waals surface area contributed by atoms with Crippen molar-refractivity contribution < 1.29 is 14.3 Å². The van der Waals surface area contributed by atoms with E-state index in [0.29, 0.717) is 30.2 Å². The molecule has 0 fully saturated rings. The van der Waals surface area contributed by atoms with Gasteiger partial charge in [-0.2, -0.15) is 0 Å². The van der Waals surface area contributed by atoms with Gasteiger partial charge < -0.3 is 15.4 Å². The summed E-state index contributed by atoms with van der Waals surface area (Å²) in [6.07, 6.45) is 1.54. The average molecular weight is 375 g/mol. The van der Waals surface area contributed by atoms with Gasteiger partial charge in [-0.1, -0.05) is 42.5 Å². The number of hydrogen-bond donors (Lipinski definition) is 2. The maximum Gasteiger partial charge on any atom is 0.251 e. The summed E-state index contributed by atoms with van der Waals surface area (Å²) >= 11 is 0. The molecule has 3 aromatic rings. The highest BCUT2D eigenvalue weighted by Crippen LogP contribution is 2.12. The number of ether oxygens (including phenoxy) is 1. The molecule has 28 heavy (non-hydrogen) atoms. The minimum Gasteiger partial charge on any atom is -0.473 e.